The highest BCUT2D eigenvalue weighted by Crippen LogP contribution is 2.21. The lowest BCUT2D eigenvalue weighted by Gasteiger charge is -2.32. The quantitative estimate of drug-likeness (QED) is 0.772. The highest BCUT2D eigenvalue weighted by Gasteiger charge is 2.18. The minimum atomic E-state index is 0.892. The predicted octanol–water partition coefficient (Wildman–Crippen LogP) is 3.93. The fourth-order valence-corrected chi connectivity index (χ4v) is 3.58. The van der Waals surface area contributed by atoms with E-state index in [1.165, 1.54) is 57.3 Å². The summed E-state index contributed by atoms with van der Waals surface area (Å²) in [6, 6.07) is 10.9. The zero-order valence-corrected chi connectivity index (χ0v) is 14.3. The van der Waals surface area contributed by atoms with Gasteiger partial charge in [-0.05, 0) is 70.1 Å². The molecule has 1 aromatic carbocycles. The van der Waals surface area contributed by atoms with Gasteiger partial charge in [0.05, 0.1) is 12.0 Å². The van der Waals surface area contributed by atoms with Crippen LogP contribution in [0, 0.1) is 12.8 Å². The van der Waals surface area contributed by atoms with Gasteiger partial charge in [-0.3, -0.25) is 0 Å². The van der Waals surface area contributed by atoms with Gasteiger partial charge in [-0.25, -0.2) is 4.98 Å². The van der Waals surface area contributed by atoms with Gasteiger partial charge in [-0.1, -0.05) is 30.3 Å². The SMILES string of the molecule is Cc1cn(CCC2CCN(CCCc3ccccc3)CC2)cn1. The highest BCUT2D eigenvalue weighted by molar-refractivity contribution is 5.14. The molecule has 0 bridgehead atoms. The van der Waals surface area contributed by atoms with E-state index in [2.05, 4.69) is 57.9 Å². The van der Waals surface area contributed by atoms with E-state index in [9.17, 15) is 0 Å². The fraction of sp³-hybridized carbons (Fsp3) is 0.550. The molecule has 1 saturated heterocycles. The molecule has 0 aliphatic carbocycles. The minimum absolute atomic E-state index is 0.892. The zero-order chi connectivity index (χ0) is 15.9. The summed E-state index contributed by atoms with van der Waals surface area (Å²) in [6.45, 7) is 7.00. The van der Waals surface area contributed by atoms with Crippen molar-refractivity contribution < 1.29 is 0 Å². The molecule has 1 fully saturated rings. The zero-order valence-electron chi connectivity index (χ0n) is 14.3. The molecule has 1 aromatic heterocycles. The lowest BCUT2D eigenvalue weighted by molar-refractivity contribution is 0.174. The molecule has 0 saturated carbocycles. The number of aryl methyl sites for hydroxylation is 3. The summed E-state index contributed by atoms with van der Waals surface area (Å²) in [7, 11) is 0. The Hall–Kier alpha value is -1.61. The number of piperidine rings is 1. The molecule has 1 aliphatic heterocycles. The van der Waals surface area contributed by atoms with Crippen molar-refractivity contribution in [1.29, 1.82) is 0 Å². The number of nitrogens with zero attached hydrogens (tertiary/aromatic N) is 3. The maximum atomic E-state index is 4.31. The lowest BCUT2D eigenvalue weighted by atomic mass is 9.93. The first-order chi connectivity index (χ1) is 11.3. The maximum Gasteiger partial charge on any atom is 0.0949 e. The van der Waals surface area contributed by atoms with E-state index in [0.29, 0.717) is 0 Å². The largest absolute Gasteiger partial charge is 0.337 e. The van der Waals surface area contributed by atoms with Crippen LogP contribution in [0.3, 0.4) is 0 Å². The van der Waals surface area contributed by atoms with Crippen molar-refractivity contribution in [2.75, 3.05) is 19.6 Å². The van der Waals surface area contributed by atoms with Crippen LogP contribution in [0.1, 0.15) is 36.9 Å². The number of imidazole rings is 1. The molecule has 0 amide bonds. The second-order valence-electron chi connectivity index (χ2n) is 6.92. The van der Waals surface area contributed by atoms with Crippen molar-refractivity contribution in [2.45, 2.75) is 45.6 Å². The van der Waals surface area contributed by atoms with Gasteiger partial charge in [-0.2, -0.15) is 0 Å². The first-order valence-corrected chi connectivity index (χ1v) is 9.04. The van der Waals surface area contributed by atoms with Gasteiger partial charge in [0.15, 0.2) is 0 Å². The molecule has 2 aromatic rings. The Kier molecular flexibility index (Phi) is 5.87. The summed E-state index contributed by atoms with van der Waals surface area (Å²) in [5.41, 5.74) is 2.59. The highest BCUT2D eigenvalue weighted by atomic mass is 15.1. The average molecular weight is 311 g/mol. The molecule has 124 valence electrons. The molecule has 3 heteroatoms. The Morgan fingerprint density at radius 1 is 1.09 bits per heavy atom. The van der Waals surface area contributed by atoms with E-state index in [0.717, 1.165) is 18.2 Å². The van der Waals surface area contributed by atoms with Crippen LogP contribution in [0.25, 0.3) is 0 Å². The third-order valence-electron chi connectivity index (χ3n) is 5.05. The lowest BCUT2D eigenvalue weighted by Crippen LogP contribution is -2.34. The van der Waals surface area contributed by atoms with E-state index in [4.69, 9.17) is 0 Å². The summed E-state index contributed by atoms with van der Waals surface area (Å²) in [5.74, 6) is 0.892. The van der Waals surface area contributed by atoms with Gasteiger partial charge < -0.3 is 9.47 Å². The average Bonchev–Trinajstić information content (AvgIpc) is 3.01. The van der Waals surface area contributed by atoms with Crippen molar-refractivity contribution in [3.63, 3.8) is 0 Å². The van der Waals surface area contributed by atoms with Gasteiger partial charge >= 0.3 is 0 Å². The first-order valence-electron chi connectivity index (χ1n) is 9.04. The van der Waals surface area contributed by atoms with Gasteiger partial charge in [0.1, 0.15) is 0 Å². The first kappa shape index (κ1) is 16.3. The van der Waals surface area contributed by atoms with E-state index in [1.54, 1.807) is 0 Å². The topological polar surface area (TPSA) is 21.1 Å². The van der Waals surface area contributed by atoms with Crippen LogP contribution in [-0.4, -0.2) is 34.1 Å². The molecule has 0 N–H and O–H groups in total. The Morgan fingerprint density at radius 2 is 1.87 bits per heavy atom. The number of likely N-dealkylation sites (tertiary alicyclic amines) is 1. The van der Waals surface area contributed by atoms with Crippen molar-refractivity contribution >= 4 is 0 Å². The van der Waals surface area contributed by atoms with Crippen LogP contribution >= 0.6 is 0 Å². The number of aromatic nitrogens is 2. The van der Waals surface area contributed by atoms with Crippen molar-refractivity contribution in [2.24, 2.45) is 5.92 Å². The molecule has 3 rings (SSSR count). The van der Waals surface area contributed by atoms with Crippen LogP contribution in [0.4, 0.5) is 0 Å². The standard InChI is InChI=1S/C20H29N3/c1-18-16-23(17-21-18)15-11-20-9-13-22(14-10-20)12-5-8-19-6-3-2-4-7-19/h2-4,6-7,16-17,20H,5,8-15H2,1H3. The Bertz CT molecular complexity index is 568. The summed E-state index contributed by atoms with van der Waals surface area (Å²) in [4.78, 5) is 6.96. The number of hydrogen-bond donors (Lipinski definition) is 0. The normalized spacial score (nSPS) is 16.7. The molecule has 2 heterocycles. The second kappa shape index (κ2) is 8.30. The van der Waals surface area contributed by atoms with Gasteiger partial charge in [0.25, 0.3) is 0 Å². The summed E-state index contributed by atoms with van der Waals surface area (Å²) in [6.07, 6.45) is 10.6. The van der Waals surface area contributed by atoms with Crippen LogP contribution < -0.4 is 0 Å². The molecule has 23 heavy (non-hydrogen) atoms. The van der Waals surface area contributed by atoms with Crippen molar-refractivity contribution in [1.82, 2.24) is 14.5 Å². The van der Waals surface area contributed by atoms with Gasteiger partial charge in [0.2, 0.25) is 0 Å². The van der Waals surface area contributed by atoms with Crippen LogP contribution in [-0.2, 0) is 13.0 Å². The summed E-state index contributed by atoms with van der Waals surface area (Å²) < 4.78 is 2.24. The second-order valence-corrected chi connectivity index (χ2v) is 6.92. The number of rotatable bonds is 7. The fourth-order valence-electron chi connectivity index (χ4n) is 3.58. The third-order valence-corrected chi connectivity index (χ3v) is 5.05. The molecule has 0 atom stereocenters. The number of hydrogen-bond acceptors (Lipinski definition) is 2. The third kappa shape index (κ3) is 5.21. The molecule has 3 nitrogen and oxygen atoms in total. The molecular weight excluding hydrogens is 282 g/mol. The molecular formula is C20H29N3. The van der Waals surface area contributed by atoms with E-state index >= 15 is 0 Å². The van der Waals surface area contributed by atoms with E-state index in [-0.39, 0.29) is 0 Å². The Morgan fingerprint density at radius 3 is 2.57 bits per heavy atom. The van der Waals surface area contributed by atoms with E-state index < -0.39 is 0 Å². The smallest absolute Gasteiger partial charge is 0.0949 e. The molecule has 1 aliphatic rings. The van der Waals surface area contributed by atoms with Crippen LogP contribution in [0.15, 0.2) is 42.9 Å². The van der Waals surface area contributed by atoms with Crippen LogP contribution in [0.2, 0.25) is 0 Å². The van der Waals surface area contributed by atoms with Crippen molar-refractivity contribution in [3.05, 3.63) is 54.1 Å². The predicted molar refractivity (Wildman–Crippen MR) is 95.5 cm³/mol. The van der Waals surface area contributed by atoms with E-state index in [1.807, 2.05) is 6.33 Å². The van der Waals surface area contributed by atoms with Gasteiger partial charge in [-0.15, -0.1) is 0 Å². The van der Waals surface area contributed by atoms with Gasteiger partial charge in [0, 0.05) is 12.7 Å². The monoisotopic (exact) mass is 311 g/mol. The Balaban J connectivity index is 1.31. The maximum absolute atomic E-state index is 4.31. The Labute approximate surface area is 140 Å². The minimum Gasteiger partial charge on any atom is -0.337 e. The van der Waals surface area contributed by atoms with Crippen LogP contribution in [0.5, 0.6) is 0 Å². The molecule has 0 spiro atoms. The van der Waals surface area contributed by atoms with Crippen molar-refractivity contribution in [3.8, 4) is 0 Å². The molecule has 0 unspecified atom stereocenters. The number of benzene rings is 1. The summed E-state index contributed by atoms with van der Waals surface area (Å²) in [5, 5.41) is 0. The summed E-state index contributed by atoms with van der Waals surface area (Å²) >= 11 is 0. The molecule has 0 radical (unpaired) electrons.